The molecule has 2 aromatic carbocycles. The van der Waals surface area contributed by atoms with Crippen LogP contribution in [0.15, 0.2) is 70.8 Å². The molecule has 2 aromatic rings. The van der Waals surface area contributed by atoms with E-state index in [1.807, 2.05) is 74.5 Å². The van der Waals surface area contributed by atoms with Crippen LogP contribution in [0.4, 0.5) is 5.69 Å². The Hall–Kier alpha value is -2.75. The predicted molar refractivity (Wildman–Crippen MR) is 96.1 cm³/mol. The van der Waals surface area contributed by atoms with E-state index in [1.54, 1.807) is 0 Å². The van der Waals surface area contributed by atoms with Crippen molar-refractivity contribution in [2.45, 2.75) is 26.8 Å². The Balaban J connectivity index is 2.19. The second-order valence-electron chi connectivity index (χ2n) is 5.30. The van der Waals surface area contributed by atoms with Crippen LogP contribution in [0.1, 0.15) is 32.4 Å². The van der Waals surface area contributed by atoms with Crippen LogP contribution in [0.3, 0.4) is 0 Å². The van der Waals surface area contributed by atoms with E-state index in [4.69, 9.17) is 0 Å². The normalized spacial score (nSPS) is 13.5. The molecule has 0 saturated heterocycles. The summed E-state index contributed by atoms with van der Waals surface area (Å²) in [6, 6.07) is 19.5. The minimum atomic E-state index is -0.116. The molecule has 0 bridgehead atoms. The van der Waals surface area contributed by atoms with E-state index in [2.05, 4.69) is 15.5 Å². The van der Waals surface area contributed by atoms with Crippen molar-refractivity contribution in [1.29, 1.82) is 0 Å². The van der Waals surface area contributed by atoms with Crippen molar-refractivity contribution >= 4 is 22.9 Å². The lowest BCUT2D eigenvalue weighted by Crippen LogP contribution is -2.21. The first kappa shape index (κ1) is 16.6. The molecule has 1 atom stereocenters. The van der Waals surface area contributed by atoms with Crippen molar-refractivity contribution in [2.75, 3.05) is 5.43 Å². The quantitative estimate of drug-likeness (QED) is 0.640. The molecule has 1 N–H and O–H groups in total. The molecule has 2 rings (SSSR count). The zero-order chi connectivity index (χ0) is 16.7. The van der Waals surface area contributed by atoms with Crippen LogP contribution >= 0.6 is 0 Å². The number of Topliss-reactive ketones (excluding diaryl/α,β-unsaturated/α-hetero) is 1. The Morgan fingerprint density at radius 2 is 1.52 bits per heavy atom. The molecule has 23 heavy (non-hydrogen) atoms. The van der Waals surface area contributed by atoms with Gasteiger partial charge in [0.15, 0.2) is 5.78 Å². The highest BCUT2D eigenvalue weighted by Gasteiger charge is 2.12. The largest absolute Gasteiger partial charge is 0.293 e. The molecule has 0 spiro atoms. The number of hydrazone groups is 1. The minimum absolute atomic E-state index is 0.0301. The van der Waals surface area contributed by atoms with Crippen molar-refractivity contribution in [3.63, 3.8) is 0 Å². The molecule has 0 aromatic heterocycles. The smallest absolute Gasteiger partial charge is 0.181 e. The van der Waals surface area contributed by atoms with Crippen molar-refractivity contribution in [3.8, 4) is 0 Å². The number of hydrogen-bond donors (Lipinski definition) is 1. The molecule has 118 valence electrons. The summed E-state index contributed by atoms with van der Waals surface area (Å²) in [5.41, 5.74) is 5.80. The van der Waals surface area contributed by atoms with Crippen LogP contribution in [0.5, 0.6) is 0 Å². The van der Waals surface area contributed by atoms with Gasteiger partial charge in [0.05, 0.1) is 17.4 Å². The highest BCUT2D eigenvalue weighted by molar-refractivity contribution is 6.66. The van der Waals surface area contributed by atoms with Crippen LogP contribution < -0.4 is 5.43 Å². The van der Waals surface area contributed by atoms with Gasteiger partial charge in [-0.3, -0.25) is 15.2 Å². The third kappa shape index (κ3) is 4.88. The number of carbonyl (C=O) groups excluding carboxylic acids is 1. The van der Waals surface area contributed by atoms with Gasteiger partial charge >= 0.3 is 0 Å². The third-order valence-corrected chi connectivity index (χ3v) is 3.42. The molecule has 0 aliphatic heterocycles. The number of anilines is 1. The maximum atomic E-state index is 11.9. The van der Waals surface area contributed by atoms with E-state index in [1.165, 1.54) is 6.92 Å². The van der Waals surface area contributed by atoms with Gasteiger partial charge in [0.2, 0.25) is 0 Å². The van der Waals surface area contributed by atoms with E-state index >= 15 is 0 Å². The van der Waals surface area contributed by atoms with Crippen molar-refractivity contribution < 1.29 is 4.79 Å². The van der Waals surface area contributed by atoms with Crippen molar-refractivity contribution in [3.05, 3.63) is 66.2 Å². The second-order valence-corrected chi connectivity index (χ2v) is 5.30. The standard InChI is InChI=1S/C19H21N3O/c1-14(17-10-6-4-7-11-17)20-15(2)19(16(3)23)22-21-18-12-8-5-9-13-18/h4-14,21H,1-3H3/b20-15?,22-19-/t14-/m0/s1. The maximum Gasteiger partial charge on any atom is 0.181 e. The predicted octanol–water partition coefficient (Wildman–Crippen LogP) is 4.27. The van der Waals surface area contributed by atoms with Gasteiger partial charge in [-0.1, -0.05) is 48.5 Å². The Labute approximate surface area is 137 Å². The monoisotopic (exact) mass is 307 g/mol. The summed E-state index contributed by atoms with van der Waals surface area (Å²) < 4.78 is 0. The van der Waals surface area contributed by atoms with Crippen LogP contribution in [-0.2, 0) is 4.79 Å². The Morgan fingerprint density at radius 1 is 0.957 bits per heavy atom. The Kier molecular flexibility index (Phi) is 5.80. The van der Waals surface area contributed by atoms with Crippen LogP contribution in [0.2, 0.25) is 0 Å². The van der Waals surface area contributed by atoms with E-state index in [0.717, 1.165) is 11.3 Å². The summed E-state index contributed by atoms with van der Waals surface area (Å²) >= 11 is 0. The molecule has 0 unspecified atom stereocenters. The molecule has 0 saturated carbocycles. The number of carbonyl (C=O) groups is 1. The number of benzene rings is 2. The molecular weight excluding hydrogens is 286 g/mol. The van der Waals surface area contributed by atoms with E-state index in [-0.39, 0.29) is 11.8 Å². The first-order valence-electron chi connectivity index (χ1n) is 7.57. The first-order valence-corrected chi connectivity index (χ1v) is 7.57. The number of nitrogens with zero attached hydrogens (tertiary/aromatic N) is 2. The lowest BCUT2D eigenvalue weighted by molar-refractivity contribution is -0.110. The van der Waals surface area contributed by atoms with E-state index < -0.39 is 0 Å². The highest BCUT2D eigenvalue weighted by atomic mass is 16.1. The summed E-state index contributed by atoms with van der Waals surface area (Å²) in [4.78, 5) is 16.5. The van der Waals surface area contributed by atoms with Crippen LogP contribution in [0.25, 0.3) is 0 Å². The van der Waals surface area contributed by atoms with Gasteiger partial charge in [-0.05, 0) is 31.5 Å². The molecule has 4 nitrogen and oxygen atoms in total. The Bertz CT molecular complexity index is 706. The lowest BCUT2D eigenvalue weighted by atomic mass is 10.1. The maximum absolute atomic E-state index is 11.9. The van der Waals surface area contributed by atoms with Crippen molar-refractivity contribution in [2.24, 2.45) is 10.1 Å². The number of rotatable bonds is 6. The van der Waals surface area contributed by atoms with Gasteiger partial charge in [-0.25, -0.2) is 0 Å². The van der Waals surface area contributed by atoms with Gasteiger partial charge in [-0.2, -0.15) is 5.10 Å². The fourth-order valence-corrected chi connectivity index (χ4v) is 2.21. The van der Waals surface area contributed by atoms with Crippen molar-refractivity contribution in [1.82, 2.24) is 0 Å². The number of nitrogens with one attached hydrogen (secondary N) is 1. The summed E-state index contributed by atoms with van der Waals surface area (Å²) in [6.07, 6.45) is 0. The third-order valence-electron chi connectivity index (χ3n) is 3.42. The van der Waals surface area contributed by atoms with Gasteiger partial charge < -0.3 is 0 Å². The topological polar surface area (TPSA) is 53.8 Å². The lowest BCUT2D eigenvalue weighted by Gasteiger charge is -2.10. The molecule has 0 amide bonds. The summed E-state index contributed by atoms with van der Waals surface area (Å²) in [7, 11) is 0. The minimum Gasteiger partial charge on any atom is -0.293 e. The molecule has 0 aliphatic rings. The van der Waals surface area contributed by atoms with Gasteiger partial charge in [0.25, 0.3) is 0 Å². The zero-order valence-corrected chi connectivity index (χ0v) is 13.7. The average molecular weight is 307 g/mol. The average Bonchev–Trinajstić information content (AvgIpc) is 2.56. The number of hydrogen-bond acceptors (Lipinski definition) is 4. The summed E-state index contributed by atoms with van der Waals surface area (Å²) in [6.45, 7) is 5.31. The van der Waals surface area contributed by atoms with E-state index in [9.17, 15) is 4.79 Å². The molecular formula is C19H21N3O. The molecule has 4 heteroatoms. The fourth-order valence-electron chi connectivity index (χ4n) is 2.21. The first-order chi connectivity index (χ1) is 11.1. The Morgan fingerprint density at radius 3 is 2.09 bits per heavy atom. The van der Waals surface area contributed by atoms with Crippen LogP contribution in [-0.4, -0.2) is 17.2 Å². The highest BCUT2D eigenvalue weighted by Crippen LogP contribution is 2.16. The number of para-hydroxylation sites is 1. The summed E-state index contributed by atoms with van der Waals surface area (Å²) in [5.74, 6) is -0.116. The second kappa shape index (κ2) is 8.03. The molecule has 0 aliphatic carbocycles. The summed E-state index contributed by atoms with van der Waals surface area (Å²) in [5, 5.41) is 4.23. The van der Waals surface area contributed by atoms with Gasteiger partial charge in [0, 0.05) is 6.92 Å². The number of ketones is 1. The molecule has 0 fully saturated rings. The molecule has 0 radical (unpaired) electrons. The zero-order valence-electron chi connectivity index (χ0n) is 13.7. The van der Waals surface area contributed by atoms with E-state index in [0.29, 0.717) is 11.4 Å². The fraction of sp³-hybridized carbons (Fsp3) is 0.211. The van der Waals surface area contributed by atoms with Crippen LogP contribution in [0, 0.1) is 0 Å². The number of aliphatic imine (C=N–C) groups is 1. The SMILES string of the molecule is CC(=O)/C(=N\Nc1ccccc1)C(C)=N[C@@H](C)c1ccccc1. The van der Waals surface area contributed by atoms with Gasteiger partial charge in [-0.15, -0.1) is 0 Å². The molecule has 0 heterocycles. The van der Waals surface area contributed by atoms with Gasteiger partial charge in [0.1, 0.15) is 5.71 Å².